The zero-order valence-electron chi connectivity index (χ0n) is 15.4. The maximum atomic E-state index is 12.8. The molecule has 0 aromatic heterocycles. The van der Waals surface area contributed by atoms with Crippen molar-refractivity contribution in [2.24, 2.45) is 0 Å². The Hall–Kier alpha value is -1.56. The summed E-state index contributed by atoms with van der Waals surface area (Å²) >= 11 is 1.68. The van der Waals surface area contributed by atoms with Crippen molar-refractivity contribution in [2.75, 3.05) is 12.3 Å². The van der Waals surface area contributed by atoms with E-state index in [1.165, 1.54) is 11.0 Å². The first-order valence-electron chi connectivity index (χ1n) is 8.74. The van der Waals surface area contributed by atoms with Crippen molar-refractivity contribution in [3.63, 3.8) is 0 Å². The third kappa shape index (κ3) is 4.40. The van der Waals surface area contributed by atoms with Crippen LogP contribution >= 0.6 is 11.8 Å². The molecule has 3 nitrogen and oxygen atoms in total. The second-order valence-electron chi connectivity index (χ2n) is 7.46. The van der Waals surface area contributed by atoms with Crippen LogP contribution in [0.1, 0.15) is 42.8 Å². The van der Waals surface area contributed by atoms with Crippen molar-refractivity contribution in [3.05, 3.63) is 76.7 Å². The number of thioether (sulfide) groups is 1. The van der Waals surface area contributed by atoms with Crippen LogP contribution in [0.25, 0.3) is 6.08 Å². The van der Waals surface area contributed by atoms with E-state index >= 15 is 0 Å². The van der Waals surface area contributed by atoms with Gasteiger partial charge in [-0.05, 0) is 28.2 Å². The van der Waals surface area contributed by atoms with Gasteiger partial charge in [-0.25, -0.2) is 8.42 Å². The third-order valence-electron chi connectivity index (χ3n) is 4.47. The van der Waals surface area contributed by atoms with Gasteiger partial charge in [0.05, 0.1) is 5.37 Å². The smallest absolute Gasteiger partial charge is 0.207 e. The summed E-state index contributed by atoms with van der Waals surface area (Å²) in [6.45, 7) is 7.07. The molecule has 1 aliphatic rings. The maximum absolute atomic E-state index is 12.8. The monoisotopic (exact) mass is 387 g/mol. The number of benzene rings is 2. The van der Waals surface area contributed by atoms with E-state index in [2.05, 4.69) is 45.0 Å². The van der Waals surface area contributed by atoms with Gasteiger partial charge in [0.2, 0.25) is 10.0 Å². The summed E-state index contributed by atoms with van der Waals surface area (Å²) < 4.78 is 27.3. The van der Waals surface area contributed by atoms with Crippen LogP contribution in [0.15, 0.2) is 60.0 Å². The fourth-order valence-electron chi connectivity index (χ4n) is 2.93. The van der Waals surface area contributed by atoms with Gasteiger partial charge in [0, 0.05) is 17.7 Å². The third-order valence-corrected chi connectivity index (χ3v) is 7.39. The van der Waals surface area contributed by atoms with Crippen molar-refractivity contribution in [1.29, 1.82) is 0 Å². The lowest BCUT2D eigenvalue weighted by atomic mass is 9.87. The highest BCUT2D eigenvalue weighted by atomic mass is 32.2. The van der Waals surface area contributed by atoms with E-state index < -0.39 is 10.0 Å². The zero-order chi connectivity index (χ0) is 18.8. The average molecular weight is 388 g/mol. The van der Waals surface area contributed by atoms with Gasteiger partial charge in [0.15, 0.2) is 0 Å². The van der Waals surface area contributed by atoms with Gasteiger partial charge < -0.3 is 0 Å². The summed E-state index contributed by atoms with van der Waals surface area (Å²) in [4.78, 5) is 0. The van der Waals surface area contributed by atoms with Gasteiger partial charge in [-0.1, -0.05) is 75.4 Å². The lowest BCUT2D eigenvalue weighted by Gasteiger charge is -2.24. The molecule has 0 radical (unpaired) electrons. The molecule has 1 fully saturated rings. The Kier molecular flexibility index (Phi) is 5.61. The van der Waals surface area contributed by atoms with Crippen LogP contribution in [0.4, 0.5) is 0 Å². The molecule has 0 bridgehead atoms. The van der Waals surface area contributed by atoms with Crippen LogP contribution in [0.3, 0.4) is 0 Å². The first-order valence-corrected chi connectivity index (χ1v) is 11.3. The molecule has 0 saturated carbocycles. The predicted molar refractivity (Wildman–Crippen MR) is 111 cm³/mol. The van der Waals surface area contributed by atoms with Crippen LogP contribution in [0.5, 0.6) is 0 Å². The van der Waals surface area contributed by atoms with Gasteiger partial charge in [0.1, 0.15) is 0 Å². The molecule has 1 heterocycles. The van der Waals surface area contributed by atoms with Gasteiger partial charge in [-0.15, -0.1) is 11.8 Å². The van der Waals surface area contributed by atoms with Gasteiger partial charge in [-0.3, -0.25) is 0 Å². The van der Waals surface area contributed by atoms with E-state index in [1.807, 2.05) is 30.3 Å². The number of sulfonamides is 1. The molecule has 2 aromatic rings. The quantitative estimate of drug-likeness (QED) is 0.738. The van der Waals surface area contributed by atoms with Crippen LogP contribution in [-0.2, 0) is 15.4 Å². The summed E-state index contributed by atoms with van der Waals surface area (Å²) in [7, 11) is -3.46. The first kappa shape index (κ1) is 19.2. The summed E-state index contributed by atoms with van der Waals surface area (Å²) in [6, 6.07) is 17.9. The summed E-state index contributed by atoms with van der Waals surface area (Å²) in [5, 5.41) is 1.17. The van der Waals surface area contributed by atoms with E-state index in [1.54, 1.807) is 22.1 Å². The minimum Gasteiger partial charge on any atom is -0.207 e. The van der Waals surface area contributed by atoms with Crippen molar-refractivity contribution in [2.45, 2.75) is 31.6 Å². The van der Waals surface area contributed by atoms with Crippen molar-refractivity contribution in [3.8, 4) is 0 Å². The molecule has 0 aliphatic carbocycles. The van der Waals surface area contributed by atoms with Crippen LogP contribution < -0.4 is 0 Å². The molecular weight excluding hydrogens is 362 g/mol. The van der Waals surface area contributed by atoms with Gasteiger partial charge >= 0.3 is 0 Å². The summed E-state index contributed by atoms with van der Waals surface area (Å²) in [6.07, 6.45) is 1.66. The zero-order valence-corrected chi connectivity index (χ0v) is 17.1. The van der Waals surface area contributed by atoms with Crippen molar-refractivity contribution >= 4 is 27.9 Å². The van der Waals surface area contributed by atoms with E-state index in [9.17, 15) is 8.42 Å². The highest BCUT2D eigenvalue weighted by Gasteiger charge is 2.34. The molecule has 138 valence electrons. The van der Waals surface area contributed by atoms with Crippen molar-refractivity contribution in [1.82, 2.24) is 4.31 Å². The summed E-state index contributed by atoms with van der Waals surface area (Å²) in [5.41, 5.74) is 3.26. The Bertz CT molecular complexity index is 866. The predicted octanol–water partition coefficient (Wildman–Crippen LogP) is 5.03. The van der Waals surface area contributed by atoms with Crippen LogP contribution in [0, 0.1) is 0 Å². The lowest BCUT2D eigenvalue weighted by Crippen LogP contribution is -2.28. The number of rotatable bonds is 4. The Morgan fingerprint density at radius 1 is 1.04 bits per heavy atom. The molecule has 1 aliphatic heterocycles. The molecule has 26 heavy (non-hydrogen) atoms. The average Bonchev–Trinajstić information content (AvgIpc) is 3.11. The van der Waals surface area contributed by atoms with E-state index in [0.717, 1.165) is 16.9 Å². The van der Waals surface area contributed by atoms with Gasteiger partial charge in [-0.2, -0.15) is 4.31 Å². The Morgan fingerprint density at radius 2 is 1.69 bits per heavy atom. The lowest BCUT2D eigenvalue weighted by molar-refractivity contribution is 0.441. The van der Waals surface area contributed by atoms with Crippen LogP contribution in [0.2, 0.25) is 0 Å². The van der Waals surface area contributed by atoms with E-state index in [0.29, 0.717) is 6.54 Å². The Balaban J connectivity index is 1.82. The molecular formula is C21H25NO2S2. The number of hydrogen-bond donors (Lipinski definition) is 0. The fraction of sp³-hybridized carbons (Fsp3) is 0.333. The number of nitrogens with zero attached hydrogens (tertiary/aromatic N) is 1. The van der Waals surface area contributed by atoms with Crippen molar-refractivity contribution < 1.29 is 8.42 Å². The molecule has 0 spiro atoms. The van der Waals surface area contributed by atoms with E-state index in [-0.39, 0.29) is 10.8 Å². The van der Waals surface area contributed by atoms with Gasteiger partial charge in [0.25, 0.3) is 0 Å². The molecule has 0 N–H and O–H groups in total. The molecule has 3 rings (SSSR count). The second kappa shape index (κ2) is 7.59. The molecule has 5 heteroatoms. The standard InChI is InChI=1S/C21H25NO2S2/c1-21(2,3)19-11-9-18(10-12-19)20-22(14-15-25-20)26(23,24)16-13-17-7-5-4-6-8-17/h4-13,16,20H,14-15H2,1-3H3. The minimum atomic E-state index is -3.46. The topological polar surface area (TPSA) is 37.4 Å². The number of hydrogen-bond acceptors (Lipinski definition) is 3. The molecule has 1 unspecified atom stereocenters. The summed E-state index contributed by atoms with van der Waals surface area (Å²) in [5.74, 6) is 0.810. The maximum Gasteiger partial charge on any atom is 0.237 e. The van der Waals surface area contributed by atoms with E-state index in [4.69, 9.17) is 0 Å². The normalized spacial score (nSPS) is 19.3. The molecule has 0 amide bonds. The SMILES string of the molecule is CC(C)(C)c1ccc(C2SCCN2S(=O)(=O)C=Cc2ccccc2)cc1. The Labute approximate surface area is 161 Å². The minimum absolute atomic E-state index is 0.0888. The molecule has 1 atom stereocenters. The highest BCUT2D eigenvalue weighted by molar-refractivity contribution is 8.01. The molecule has 1 saturated heterocycles. The highest BCUT2D eigenvalue weighted by Crippen LogP contribution is 2.40. The Morgan fingerprint density at radius 3 is 2.31 bits per heavy atom. The second-order valence-corrected chi connectivity index (χ2v) is 10.4. The largest absolute Gasteiger partial charge is 0.237 e. The van der Waals surface area contributed by atoms with Crippen LogP contribution in [-0.4, -0.2) is 25.0 Å². The molecule has 2 aromatic carbocycles. The first-order chi connectivity index (χ1) is 12.3. The fourth-order valence-corrected chi connectivity index (χ4v) is 5.96.